The summed E-state index contributed by atoms with van der Waals surface area (Å²) >= 11 is 0. The second-order valence-corrected chi connectivity index (χ2v) is 5.87. The van der Waals surface area contributed by atoms with Crippen LogP contribution in [0.5, 0.6) is 11.5 Å². The highest BCUT2D eigenvalue weighted by Gasteiger charge is 2.16. The molecule has 0 aliphatic carbocycles. The maximum atomic E-state index is 5.67. The zero-order valence-electron chi connectivity index (χ0n) is 14.5. The van der Waals surface area contributed by atoms with Crippen molar-refractivity contribution in [2.75, 3.05) is 14.2 Å². The van der Waals surface area contributed by atoms with E-state index in [1.54, 1.807) is 25.1 Å². The number of nitrogens with zero attached hydrogens (tertiary/aromatic N) is 4. The predicted molar refractivity (Wildman–Crippen MR) is 92.4 cm³/mol. The van der Waals surface area contributed by atoms with E-state index in [9.17, 15) is 0 Å². The van der Waals surface area contributed by atoms with Crippen LogP contribution in [-0.4, -0.2) is 33.8 Å². The van der Waals surface area contributed by atoms with Crippen LogP contribution in [0.25, 0.3) is 16.7 Å². The second kappa shape index (κ2) is 5.77. The number of aryl methyl sites for hydroxylation is 2. The lowest BCUT2D eigenvalue weighted by atomic mass is 10.1. The lowest BCUT2D eigenvalue weighted by Crippen LogP contribution is -1.95. The number of aromatic nitrogens is 4. The Morgan fingerprint density at radius 3 is 2.68 bits per heavy atom. The number of furan rings is 1. The largest absolute Gasteiger partial charge is 0.493 e. The summed E-state index contributed by atoms with van der Waals surface area (Å²) in [6.45, 7) is 3.93. The van der Waals surface area contributed by atoms with Gasteiger partial charge >= 0.3 is 0 Å². The molecule has 4 rings (SSSR count). The van der Waals surface area contributed by atoms with Crippen molar-refractivity contribution in [1.29, 1.82) is 0 Å². The molecule has 0 amide bonds. The molecule has 0 saturated heterocycles. The minimum Gasteiger partial charge on any atom is -0.493 e. The molecule has 7 nitrogen and oxygen atoms in total. The Morgan fingerprint density at radius 2 is 1.92 bits per heavy atom. The van der Waals surface area contributed by atoms with Gasteiger partial charge < -0.3 is 13.9 Å². The second-order valence-electron chi connectivity index (χ2n) is 5.87. The van der Waals surface area contributed by atoms with Crippen LogP contribution in [0.3, 0.4) is 0 Å². The average molecular weight is 338 g/mol. The highest BCUT2D eigenvalue weighted by Crippen LogP contribution is 2.29. The molecule has 0 aliphatic rings. The molecule has 0 unspecified atom stereocenters. The molecule has 0 aliphatic heterocycles. The first-order valence-corrected chi connectivity index (χ1v) is 7.91. The van der Waals surface area contributed by atoms with Crippen LogP contribution in [0.2, 0.25) is 0 Å². The van der Waals surface area contributed by atoms with Gasteiger partial charge in [0.15, 0.2) is 23.0 Å². The Labute approximate surface area is 144 Å². The Kier molecular flexibility index (Phi) is 3.56. The molecule has 1 aromatic carbocycles. The number of ether oxygens (including phenoxy) is 2. The van der Waals surface area contributed by atoms with Crippen molar-refractivity contribution in [1.82, 2.24) is 19.6 Å². The normalized spacial score (nSPS) is 11.4. The molecule has 128 valence electrons. The zero-order valence-corrected chi connectivity index (χ0v) is 14.5. The van der Waals surface area contributed by atoms with Gasteiger partial charge in [0, 0.05) is 12.0 Å². The van der Waals surface area contributed by atoms with Crippen LogP contribution in [-0.2, 0) is 6.42 Å². The van der Waals surface area contributed by atoms with Crippen molar-refractivity contribution < 1.29 is 13.9 Å². The first-order chi connectivity index (χ1) is 12.1. The summed E-state index contributed by atoms with van der Waals surface area (Å²) in [6, 6.07) is 5.80. The van der Waals surface area contributed by atoms with Crippen molar-refractivity contribution in [3.63, 3.8) is 0 Å². The lowest BCUT2D eigenvalue weighted by molar-refractivity contribution is 0.354. The zero-order chi connectivity index (χ0) is 17.6. The number of fused-ring (bicyclic) bond motifs is 3. The highest BCUT2D eigenvalue weighted by molar-refractivity contribution is 5.91. The SMILES string of the molecule is COc1ccc(Cc2nc3c4c(C)c(C)oc4ncn3n2)cc1OC. The Balaban J connectivity index is 1.76. The van der Waals surface area contributed by atoms with E-state index in [-0.39, 0.29) is 0 Å². The van der Waals surface area contributed by atoms with Crippen molar-refractivity contribution in [2.45, 2.75) is 20.3 Å². The molecule has 25 heavy (non-hydrogen) atoms. The van der Waals surface area contributed by atoms with E-state index in [1.807, 2.05) is 32.0 Å². The van der Waals surface area contributed by atoms with Gasteiger partial charge in [0.1, 0.15) is 12.1 Å². The Morgan fingerprint density at radius 1 is 1.12 bits per heavy atom. The van der Waals surface area contributed by atoms with Crippen LogP contribution >= 0.6 is 0 Å². The summed E-state index contributed by atoms with van der Waals surface area (Å²) in [4.78, 5) is 9.01. The molecule has 0 radical (unpaired) electrons. The van der Waals surface area contributed by atoms with Crippen LogP contribution in [0.15, 0.2) is 28.9 Å². The van der Waals surface area contributed by atoms with Crippen LogP contribution in [0, 0.1) is 13.8 Å². The minimum absolute atomic E-state index is 0.583. The third-order valence-electron chi connectivity index (χ3n) is 4.36. The quantitative estimate of drug-likeness (QED) is 0.569. The van der Waals surface area contributed by atoms with E-state index in [2.05, 4.69) is 15.1 Å². The van der Waals surface area contributed by atoms with E-state index in [4.69, 9.17) is 13.9 Å². The third-order valence-corrected chi connectivity index (χ3v) is 4.36. The van der Waals surface area contributed by atoms with E-state index >= 15 is 0 Å². The van der Waals surface area contributed by atoms with Gasteiger partial charge in [0.05, 0.1) is 19.6 Å². The number of rotatable bonds is 4. The lowest BCUT2D eigenvalue weighted by Gasteiger charge is -2.08. The summed E-state index contributed by atoms with van der Waals surface area (Å²) in [7, 11) is 3.24. The van der Waals surface area contributed by atoms with Crippen molar-refractivity contribution >= 4 is 16.7 Å². The topological polar surface area (TPSA) is 74.7 Å². The summed E-state index contributed by atoms with van der Waals surface area (Å²) in [6.07, 6.45) is 2.21. The monoisotopic (exact) mass is 338 g/mol. The maximum Gasteiger partial charge on any atom is 0.231 e. The molecule has 0 bridgehead atoms. The van der Waals surface area contributed by atoms with Crippen LogP contribution in [0.1, 0.15) is 22.7 Å². The molecular weight excluding hydrogens is 320 g/mol. The minimum atomic E-state index is 0.583. The third kappa shape index (κ3) is 2.48. The van der Waals surface area contributed by atoms with Gasteiger partial charge in [-0.2, -0.15) is 0 Å². The van der Waals surface area contributed by atoms with Crippen molar-refractivity contribution in [3.05, 3.63) is 47.2 Å². The molecule has 3 aromatic heterocycles. The molecule has 7 heteroatoms. The van der Waals surface area contributed by atoms with E-state index in [0.29, 0.717) is 29.5 Å². The van der Waals surface area contributed by atoms with Gasteiger partial charge in [0.25, 0.3) is 0 Å². The van der Waals surface area contributed by atoms with Gasteiger partial charge in [-0.15, -0.1) is 5.10 Å². The summed E-state index contributed by atoms with van der Waals surface area (Å²) in [5, 5.41) is 5.44. The Hall–Kier alpha value is -3.09. The molecule has 4 aromatic rings. The standard InChI is InChI=1S/C18H18N4O3/c1-10-11(2)25-18-16(10)17-20-15(21-22(17)9-19-18)8-12-5-6-13(23-3)14(7-12)24-4/h5-7,9H,8H2,1-4H3. The van der Waals surface area contributed by atoms with Crippen molar-refractivity contribution in [2.24, 2.45) is 0 Å². The first-order valence-electron chi connectivity index (χ1n) is 7.91. The fourth-order valence-corrected chi connectivity index (χ4v) is 2.94. The highest BCUT2D eigenvalue weighted by atomic mass is 16.5. The van der Waals surface area contributed by atoms with Gasteiger partial charge in [-0.1, -0.05) is 6.07 Å². The summed E-state index contributed by atoms with van der Waals surface area (Å²) in [5.74, 6) is 2.94. The Bertz CT molecular complexity index is 1080. The predicted octanol–water partition coefficient (Wildman–Crippen LogP) is 3.10. The summed E-state index contributed by atoms with van der Waals surface area (Å²) < 4.78 is 18.0. The number of benzene rings is 1. The number of hydrogen-bond acceptors (Lipinski definition) is 6. The average Bonchev–Trinajstić information content (AvgIpc) is 3.15. The molecule has 0 saturated carbocycles. The molecule has 0 N–H and O–H groups in total. The van der Waals surface area contributed by atoms with Gasteiger partial charge in [0.2, 0.25) is 5.71 Å². The molecule has 0 atom stereocenters. The van der Waals surface area contributed by atoms with Crippen LogP contribution in [0.4, 0.5) is 0 Å². The number of hydrogen-bond donors (Lipinski definition) is 0. The molecule has 3 heterocycles. The van der Waals surface area contributed by atoms with Gasteiger partial charge in [-0.3, -0.25) is 0 Å². The van der Waals surface area contributed by atoms with Gasteiger partial charge in [-0.05, 0) is 31.5 Å². The molecule has 0 spiro atoms. The maximum absolute atomic E-state index is 5.67. The summed E-state index contributed by atoms with van der Waals surface area (Å²) in [5.41, 5.74) is 3.43. The van der Waals surface area contributed by atoms with E-state index in [0.717, 1.165) is 27.9 Å². The molecular formula is C18H18N4O3. The first kappa shape index (κ1) is 15.4. The van der Waals surface area contributed by atoms with E-state index in [1.165, 1.54) is 0 Å². The van der Waals surface area contributed by atoms with Gasteiger partial charge in [-0.25, -0.2) is 14.5 Å². The fraction of sp³-hybridized carbons (Fsp3) is 0.278. The van der Waals surface area contributed by atoms with Crippen LogP contribution < -0.4 is 9.47 Å². The number of methoxy groups -OCH3 is 2. The smallest absolute Gasteiger partial charge is 0.231 e. The van der Waals surface area contributed by atoms with Crippen molar-refractivity contribution in [3.8, 4) is 11.5 Å². The molecule has 0 fully saturated rings. The van der Waals surface area contributed by atoms with E-state index < -0.39 is 0 Å². The fourth-order valence-electron chi connectivity index (χ4n) is 2.94.